The normalized spacial score (nSPS) is 10.5. The number of nitrogens with one attached hydrogen (secondary N) is 1. The van der Waals surface area contributed by atoms with Crippen LogP contribution in [-0.2, 0) is 17.9 Å². The number of hydrogen-bond donors (Lipinski definition) is 1. The summed E-state index contributed by atoms with van der Waals surface area (Å²) >= 11 is 0. The second kappa shape index (κ2) is 12.9. The van der Waals surface area contributed by atoms with E-state index in [1.165, 1.54) is 5.56 Å². The molecule has 0 saturated heterocycles. The Morgan fingerprint density at radius 2 is 1.87 bits per heavy atom. The molecule has 0 atom stereocenters. The molecule has 0 saturated carbocycles. The maximum Gasteiger partial charge on any atom is 0.194 e. The summed E-state index contributed by atoms with van der Waals surface area (Å²) in [6.07, 6.45) is 0.988. The van der Waals surface area contributed by atoms with Crippen LogP contribution in [0.25, 0.3) is 5.69 Å². The molecule has 2 aromatic carbocycles. The number of rotatable bonds is 12. The first kappa shape index (κ1) is 24.6. The molecule has 0 spiro atoms. The lowest BCUT2D eigenvalue weighted by atomic mass is 10.2. The Kier molecular flexibility index (Phi) is 10.2. The molecule has 8 nitrogen and oxygen atoms in total. The van der Waals surface area contributed by atoms with Crippen molar-refractivity contribution in [3.8, 4) is 17.2 Å². The van der Waals surface area contributed by atoms with Crippen LogP contribution in [-0.4, -0.2) is 47.1 Å². The van der Waals surface area contributed by atoms with Gasteiger partial charge in [0.15, 0.2) is 23.9 Å². The van der Waals surface area contributed by atoms with E-state index in [4.69, 9.17) is 14.2 Å². The second-order valence-electron chi connectivity index (χ2n) is 6.84. The molecule has 9 heteroatoms. The van der Waals surface area contributed by atoms with Crippen LogP contribution >= 0.6 is 12.4 Å². The van der Waals surface area contributed by atoms with Crippen molar-refractivity contribution in [3.63, 3.8) is 0 Å². The van der Waals surface area contributed by atoms with Crippen molar-refractivity contribution in [1.82, 2.24) is 25.5 Å². The van der Waals surface area contributed by atoms with Gasteiger partial charge in [0, 0.05) is 19.8 Å². The van der Waals surface area contributed by atoms with Gasteiger partial charge in [0.05, 0.1) is 12.8 Å². The zero-order valence-electron chi connectivity index (χ0n) is 18.2. The summed E-state index contributed by atoms with van der Waals surface area (Å²) in [5, 5.41) is 15.4. The number of tetrazole rings is 1. The lowest BCUT2D eigenvalue weighted by Crippen LogP contribution is -2.16. The highest BCUT2D eigenvalue weighted by Crippen LogP contribution is 2.28. The predicted octanol–water partition coefficient (Wildman–Crippen LogP) is 3.50. The van der Waals surface area contributed by atoms with Gasteiger partial charge < -0.3 is 19.5 Å². The van der Waals surface area contributed by atoms with E-state index < -0.39 is 0 Å². The van der Waals surface area contributed by atoms with Crippen LogP contribution in [0, 0.1) is 6.92 Å². The maximum atomic E-state index is 5.96. The third kappa shape index (κ3) is 7.20. The van der Waals surface area contributed by atoms with Gasteiger partial charge in [-0.2, -0.15) is 4.68 Å². The molecule has 3 aromatic rings. The number of hydrogen-bond acceptors (Lipinski definition) is 7. The number of aromatic nitrogens is 4. The zero-order valence-corrected chi connectivity index (χ0v) is 19.0. The molecule has 0 aliphatic rings. The van der Waals surface area contributed by atoms with Gasteiger partial charge in [-0.05, 0) is 67.1 Å². The minimum Gasteiger partial charge on any atom is -0.493 e. The largest absolute Gasteiger partial charge is 0.493 e. The molecule has 31 heavy (non-hydrogen) atoms. The van der Waals surface area contributed by atoms with Crippen LogP contribution in [0.1, 0.15) is 30.3 Å². The summed E-state index contributed by atoms with van der Waals surface area (Å²) in [5.41, 5.74) is 3.19. The molecule has 168 valence electrons. The summed E-state index contributed by atoms with van der Waals surface area (Å²) in [6, 6.07) is 13.9. The Morgan fingerprint density at radius 1 is 1.06 bits per heavy atom. The molecule has 3 rings (SSSR count). The van der Waals surface area contributed by atoms with Gasteiger partial charge in [0.2, 0.25) is 0 Å². The second-order valence-corrected chi connectivity index (χ2v) is 6.84. The summed E-state index contributed by atoms with van der Waals surface area (Å²) in [6.45, 7) is 7.48. The minimum atomic E-state index is 0. The summed E-state index contributed by atoms with van der Waals surface area (Å²) in [4.78, 5) is 0. The number of methoxy groups -OCH3 is 1. The topological polar surface area (TPSA) is 83.3 Å². The average molecular weight is 448 g/mol. The SMILES string of the molecule is CCOCCCNCc1ccc(OCc2nnnn2-c2ccc(C)cc2)c(OC)c1.Cl. The first-order valence-corrected chi connectivity index (χ1v) is 10.1. The highest BCUT2D eigenvalue weighted by Gasteiger charge is 2.12. The molecule has 1 heterocycles. The van der Waals surface area contributed by atoms with E-state index in [-0.39, 0.29) is 19.0 Å². The van der Waals surface area contributed by atoms with Gasteiger partial charge in [-0.1, -0.05) is 23.8 Å². The fraction of sp³-hybridized carbons (Fsp3) is 0.409. The van der Waals surface area contributed by atoms with Crippen molar-refractivity contribution >= 4 is 12.4 Å². The Morgan fingerprint density at radius 3 is 2.61 bits per heavy atom. The Labute approximate surface area is 189 Å². The number of nitrogens with zero attached hydrogens (tertiary/aromatic N) is 4. The van der Waals surface area contributed by atoms with Gasteiger partial charge in [-0.15, -0.1) is 17.5 Å². The van der Waals surface area contributed by atoms with Crippen LogP contribution < -0.4 is 14.8 Å². The van der Waals surface area contributed by atoms with Crippen LogP contribution in [0.4, 0.5) is 0 Å². The number of aryl methyl sites for hydroxylation is 1. The molecule has 0 amide bonds. The van der Waals surface area contributed by atoms with Crippen molar-refractivity contribution < 1.29 is 14.2 Å². The molecule has 0 fully saturated rings. The Balaban J connectivity index is 0.00000341. The molecular weight excluding hydrogens is 418 g/mol. The quantitative estimate of drug-likeness (QED) is 0.425. The van der Waals surface area contributed by atoms with E-state index in [0.29, 0.717) is 17.3 Å². The molecule has 1 aromatic heterocycles. The Hall–Kier alpha value is -2.68. The van der Waals surface area contributed by atoms with Gasteiger partial charge in [-0.25, -0.2) is 0 Å². The van der Waals surface area contributed by atoms with Gasteiger partial charge >= 0.3 is 0 Å². The molecule has 0 unspecified atom stereocenters. The van der Waals surface area contributed by atoms with Crippen molar-refractivity contribution in [3.05, 3.63) is 59.4 Å². The third-order valence-corrected chi connectivity index (χ3v) is 4.57. The van der Waals surface area contributed by atoms with E-state index >= 15 is 0 Å². The molecule has 0 bridgehead atoms. The number of benzene rings is 2. The number of halogens is 1. The summed E-state index contributed by atoms with van der Waals surface area (Å²) in [7, 11) is 1.64. The average Bonchev–Trinajstić information content (AvgIpc) is 3.24. The monoisotopic (exact) mass is 447 g/mol. The van der Waals surface area contributed by atoms with Gasteiger partial charge in [-0.3, -0.25) is 0 Å². The van der Waals surface area contributed by atoms with Crippen molar-refractivity contribution in [1.29, 1.82) is 0 Å². The van der Waals surface area contributed by atoms with Crippen molar-refractivity contribution in [2.75, 3.05) is 26.9 Å². The van der Waals surface area contributed by atoms with E-state index in [0.717, 1.165) is 44.0 Å². The minimum absolute atomic E-state index is 0. The molecule has 0 radical (unpaired) electrons. The van der Waals surface area contributed by atoms with Crippen LogP contribution in [0.2, 0.25) is 0 Å². The van der Waals surface area contributed by atoms with Crippen molar-refractivity contribution in [2.45, 2.75) is 33.4 Å². The fourth-order valence-electron chi connectivity index (χ4n) is 2.94. The molecule has 0 aliphatic heterocycles. The first-order chi connectivity index (χ1) is 14.7. The highest BCUT2D eigenvalue weighted by atomic mass is 35.5. The van der Waals surface area contributed by atoms with Crippen LogP contribution in [0.5, 0.6) is 11.5 Å². The zero-order chi connectivity index (χ0) is 21.2. The molecular formula is C22H30ClN5O3. The van der Waals surface area contributed by atoms with Crippen LogP contribution in [0.15, 0.2) is 42.5 Å². The van der Waals surface area contributed by atoms with E-state index in [1.54, 1.807) is 11.8 Å². The lowest BCUT2D eigenvalue weighted by molar-refractivity contribution is 0.144. The first-order valence-electron chi connectivity index (χ1n) is 10.1. The lowest BCUT2D eigenvalue weighted by Gasteiger charge is -2.13. The molecule has 1 N–H and O–H groups in total. The smallest absolute Gasteiger partial charge is 0.194 e. The predicted molar refractivity (Wildman–Crippen MR) is 121 cm³/mol. The van der Waals surface area contributed by atoms with Crippen molar-refractivity contribution in [2.24, 2.45) is 0 Å². The summed E-state index contributed by atoms with van der Waals surface area (Å²) in [5.74, 6) is 1.94. The van der Waals surface area contributed by atoms with Crippen LogP contribution in [0.3, 0.4) is 0 Å². The summed E-state index contributed by atoms with van der Waals surface area (Å²) < 4.78 is 18.5. The molecule has 0 aliphatic carbocycles. The number of ether oxygens (including phenoxy) is 3. The standard InChI is InChI=1S/C22H29N5O3.ClH/c1-4-29-13-5-12-23-15-18-8-11-20(21(14-18)28-3)30-16-22-24-25-26-27(22)19-9-6-17(2)7-10-19;/h6-11,14,23H,4-5,12-13,15-16H2,1-3H3;1H. The van der Waals surface area contributed by atoms with Gasteiger partial charge in [0.1, 0.15) is 0 Å². The third-order valence-electron chi connectivity index (χ3n) is 4.57. The van der Waals surface area contributed by atoms with Gasteiger partial charge in [0.25, 0.3) is 0 Å². The maximum absolute atomic E-state index is 5.96. The fourth-order valence-corrected chi connectivity index (χ4v) is 2.94. The highest BCUT2D eigenvalue weighted by molar-refractivity contribution is 5.85. The van der Waals surface area contributed by atoms with E-state index in [9.17, 15) is 0 Å². The van der Waals surface area contributed by atoms with E-state index in [1.807, 2.05) is 56.3 Å². The van der Waals surface area contributed by atoms with E-state index in [2.05, 4.69) is 20.8 Å². The Bertz CT molecular complexity index is 918.